The molecule has 0 unspecified atom stereocenters. The Morgan fingerprint density at radius 2 is 1.65 bits per heavy atom. The molecule has 0 saturated carbocycles. The predicted octanol–water partition coefficient (Wildman–Crippen LogP) is 3.78. The third-order valence-electron chi connectivity index (χ3n) is 3.04. The lowest BCUT2D eigenvalue weighted by molar-refractivity contribution is -0.137. The van der Waals surface area contributed by atoms with Gasteiger partial charge in [-0.25, -0.2) is 0 Å². The molecule has 0 aliphatic rings. The summed E-state index contributed by atoms with van der Waals surface area (Å²) in [5.74, 6) is -0.608. The highest BCUT2D eigenvalue weighted by Crippen LogP contribution is 2.32. The minimum atomic E-state index is -4.38. The first-order chi connectivity index (χ1) is 9.30. The molecular weight excluding hydrogens is 267 g/mol. The Morgan fingerprint density at radius 3 is 2.15 bits per heavy atom. The van der Waals surface area contributed by atoms with E-state index in [1.807, 2.05) is 0 Å². The maximum absolute atomic E-state index is 12.5. The molecule has 0 aliphatic heterocycles. The molecule has 2 N–H and O–H groups in total. The molecule has 1 amide bonds. The standard InChI is InChI=1S/C15H12F3NO/c1-9-3-2-4-12(14(19)20)13(9)10-5-7-11(8-6-10)15(16,17)18/h2-8H,1H3,(H2,19,20). The van der Waals surface area contributed by atoms with Crippen molar-refractivity contribution in [1.29, 1.82) is 0 Å². The topological polar surface area (TPSA) is 43.1 Å². The Balaban J connectivity index is 2.55. The van der Waals surface area contributed by atoms with Gasteiger partial charge in [0.25, 0.3) is 0 Å². The lowest BCUT2D eigenvalue weighted by atomic mass is 9.94. The van der Waals surface area contributed by atoms with Gasteiger partial charge < -0.3 is 5.73 Å². The summed E-state index contributed by atoms with van der Waals surface area (Å²) in [6.45, 7) is 1.78. The fraction of sp³-hybridized carbons (Fsp3) is 0.133. The Hall–Kier alpha value is -2.30. The lowest BCUT2D eigenvalue weighted by Crippen LogP contribution is -2.13. The lowest BCUT2D eigenvalue weighted by Gasteiger charge is -2.12. The number of nitrogens with two attached hydrogens (primary N) is 1. The fourth-order valence-electron chi connectivity index (χ4n) is 2.08. The first-order valence-corrected chi connectivity index (χ1v) is 5.88. The van der Waals surface area contributed by atoms with Gasteiger partial charge >= 0.3 is 6.18 Å². The van der Waals surface area contributed by atoms with E-state index >= 15 is 0 Å². The van der Waals surface area contributed by atoms with Crippen LogP contribution in [0.2, 0.25) is 0 Å². The average molecular weight is 279 g/mol. The monoisotopic (exact) mass is 279 g/mol. The first kappa shape index (κ1) is 14.1. The van der Waals surface area contributed by atoms with E-state index in [2.05, 4.69) is 0 Å². The molecule has 5 heteroatoms. The van der Waals surface area contributed by atoms with Crippen molar-refractivity contribution in [3.8, 4) is 11.1 Å². The van der Waals surface area contributed by atoms with Crippen LogP contribution in [0.1, 0.15) is 21.5 Å². The van der Waals surface area contributed by atoms with Crippen molar-refractivity contribution < 1.29 is 18.0 Å². The number of primary amides is 1. The van der Waals surface area contributed by atoms with Gasteiger partial charge in [-0.05, 0) is 41.8 Å². The fourth-order valence-corrected chi connectivity index (χ4v) is 2.08. The van der Waals surface area contributed by atoms with Gasteiger partial charge in [0, 0.05) is 5.56 Å². The van der Waals surface area contributed by atoms with E-state index in [9.17, 15) is 18.0 Å². The molecule has 104 valence electrons. The Morgan fingerprint density at radius 1 is 1.05 bits per heavy atom. The number of benzene rings is 2. The maximum Gasteiger partial charge on any atom is 0.416 e. The van der Waals surface area contributed by atoms with Gasteiger partial charge in [0.1, 0.15) is 0 Å². The van der Waals surface area contributed by atoms with E-state index in [1.165, 1.54) is 12.1 Å². The molecule has 0 fully saturated rings. The minimum Gasteiger partial charge on any atom is -0.366 e. The number of hydrogen-bond acceptors (Lipinski definition) is 1. The van der Waals surface area contributed by atoms with Gasteiger partial charge in [-0.1, -0.05) is 24.3 Å². The molecule has 2 aromatic carbocycles. The van der Waals surface area contributed by atoms with E-state index in [0.717, 1.165) is 17.7 Å². The van der Waals surface area contributed by atoms with E-state index < -0.39 is 17.6 Å². The summed E-state index contributed by atoms with van der Waals surface area (Å²) < 4.78 is 37.6. The van der Waals surface area contributed by atoms with Crippen LogP contribution in [0.15, 0.2) is 42.5 Å². The first-order valence-electron chi connectivity index (χ1n) is 5.88. The van der Waals surface area contributed by atoms with Gasteiger partial charge in [0.2, 0.25) is 5.91 Å². The van der Waals surface area contributed by atoms with Crippen molar-refractivity contribution in [3.05, 3.63) is 59.2 Å². The van der Waals surface area contributed by atoms with Crippen LogP contribution in [-0.2, 0) is 6.18 Å². The molecule has 0 aliphatic carbocycles. The maximum atomic E-state index is 12.5. The Kier molecular flexibility index (Phi) is 3.53. The molecule has 0 radical (unpaired) electrons. The molecule has 0 atom stereocenters. The van der Waals surface area contributed by atoms with Gasteiger partial charge in [-0.3, -0.25) is 4.79 Å². The summed E-state index contributed by atoms with van der Waals surface area (Å²) >= 11 is 0. The summed E-state index contributed by atoms with van der Waals surface area (Å²) in [5.41, 5.74) is 6.75. The Bertz CT molecular complexity index is 645. The smallest absolute Gasteiger partial charge is 0.366 e. The second kappa shape index (κ2) is 5.00. The Labute approximate surface area is 114 Å². The van der Waals surface area contributed by atoms with E-state index in [4.69, 9.17) is 5.73 Å². The van der Waals surface area contributed by atoms with E-state index in [1.54, 1.807) is 25.1 Å². The number of rotatable bonds is 2. The van der Waals surface area contributed by atoms with E-state index in [-0.39, 0.29) is 0 Å². The molecule has 0 aromatic heterocycles. The molecule has 20 heavy (non-hydrogen) atoms. The van der Waals surface area contributed by atoms with Crippen LogP contribution >= 0.6 is 0 Å². The molecule has 0 spiro atoms. The summed E-state index contributed by atoms with van der Waals surface area (Å²) in [4.78, 5) is 11.4. The highest BCUT2D eigenvalue weighted by molar-refractivity contribution is 6.00. The third kappa shape index (κ3) is 2.66. The van der Waals surface area contributed by atoms with Crippen LogP contribution in [0.3, 0.4) is 0 Å². The van der Waals surface area contributed by atoms with Crippen LogP contribution < -0.4 is 5.73 Å². The number of halogens is 3. The zero-order chi connectivity index (χ0) is 14.9. The third-order valence-corrected chi connectivity index (χ3v) is 3.04. The number of alkyl halides is 3. The van der Waals surface area contributed by atoms with Crippen LogP contribution in [-0.4, -0.2) is 5.91 Å². The molecule has 2 nitrogen and oxygen atoms in total. The molecule has 2 rings (SSSR count). The molecule has 0 saturated heterocycles. The summed E-state index contributed by atoms with van der Waals surface area (Å²) in [6, 6.07) is 9.69. The highest BCUT2D eigenvalue weighted by Gasteiger charge is 2.30. The van der Waals surface area contributed by atoms with Gasteiger partial charge in [-0.2, -0.15) is 13.2 Å². The van der Waals surface area contributed by atoms with Crippen molar-refractivity contribution in [3.63, 3.8) is 0 Å². The second-order valence-electron chi connectivity index (χ2n) is 4.44. The summed E-state index contributed by atoms with van der Waals surface area (Å²) in [7, 11) is 0. The molecule has 0 heterocycles. The summed E-state index contributed by atoms with van der Waals surface area (Å²) in [5, 5.41) is 0. The number of hydrogen-bond donors (Lipinski definition) is 1. The normalized spacial score (nSPS) is 11.4. The SMILES string of the molecule is Cc1cccc(C(N)=O)c1-c1ccc(C(F)(F)F)cc1. The average Bonchev–Trinajstić information content (AvgIpc) is 2.37. The molecule has 2 aromatic rings. The van der Waals surface area contributed by atoms with Crippen molar-refractivity contribution in [2.45, 2.75) is 13.1 Å². The second-order valence-corrected chi connectivity index (χ2v) is 4.44. The van der Waals surface area contributed by atoms with Crippen LogP contribution in [0.5, 0.6) is 0 Å². The molecular formula is C15H12F3NO. The minimum absolute atomic E-state index is 0.296. The van der Waals surface area contributed by atoms with Gasteiger partial charge in [0.15, 0.2) is 0 Å². The number of aryl methyl sites for hydroxylation is 1. The largest absolute Gasteiger partial charge is 0.416 e. The van der Waals surface area contributed by atoms with Crippen LogP contribution in [0.4, 0.5) is 13.2 Å². The zero-order valence-electron chi connectivity index (χ0n) is 10.7. The molecule has 0 bridgehead atoms. The van der Waals surface area contributed by atoms with Crippen molar-refractivity contribution in [2.75, 3.05) is 0 Å². The summed E-state index contributed by atoms with van der Waals surface area (Å²) in [6.07, 6.45) is -4.38. The van der Waals surface area contributed by atoms with Crippen LogP contribution in [0.25, 0.3) is 11.1 Å². The van der Waals surface area contributed by atoms with Gasteiger partial charge in [0.05, 0.1) is 5.56 Å². The highest BCUT2D eigenvalue weighted by atomic mass is 19.4. The van der Waals surface area contributed by atoms with Crippen molar-refractivity contribution in [2.24, 2.45) is 5.73 Å². The quantitative estimate of drug-likeness (QED) is 0.893. The van der Waals surface area contributed by atoms with Crippen molar-refractivity contribution >= 4 is 5.91 Å². The van der Waals surface area contributed by atoms with E-state index in [0.29, 0.717) is 16.7 Å². The number of amides is 1. The van der Waals surface area contributed by atoms with Gasteiger partial charge in [-0.15, -0.1) is 0 Å². The number of carbonyl (C=O) groups excluding carboxylic acids is 1. The zero-order valence-corrected chi connectivity index (χ0v) is 10.7. The van der Waals surface area contributed by atoms with Crippen LogP contribution in [0, 0.1) is 6.92 Å². The van der Waals surface area contributed by atoms with Crippen molar-refractivity contribution in [1.82, 2.24) is 0 Å². The predicted molar refractivity (Wildman–Crippen MR) is 70.1 cm³/mol. The number of carbonyl (C=O) groups is 1.